The van der Waals surface area contributed by atoms with Crippen molar-refractivity contribution in [1.29, 1.82) is 5.26 Å². The van der Waals surface area contributed by atoms with Crippen LogP contribution in [0.5, 0.6) is 5.75 Å². The molecule has 134 valence electrons. The van der Waals surface area contributed by atoms with Crippen molar-refractivity contribution in [2.24, 2.45) is 0 Å². The van der Waals surface area contributed by atoms with Gasteiger partial charge in [-0.1, -0.05) is 18.6 Å². The molecule has 0 unspecified atom stereocenters. The van der Waals surface area contributed by atoms with E-state index in [0.717, 1.165) is 18.4 Å². The van der Waals surface area contributed by atoms with E-state index >= 15 is 0 Å². The number of carboxylic acids is 1. The lowest BCUT2D eigenvalue weighted by Gasteiger charge is -2.06. The average molecular weight is 345 g/mol. The third-order valence-corrected chi connectivity index (χ3v) is 3.46. The number of carboxylic acid groups (broad SMARTS) is 1. The molecule has 7 nitrogen and oxygen atoms in total. The summed E-state index contributed by atoms with van der Waals surface area (Å²) in [5, 5.41) is 32.3. The van der Waals surface area contributed by atoms with Gasteiger partial charge in [0.25, 0.3) is 5.91 Å². The van der Waals surface area contributed by atoms with E-state index in [0.29, 0.717) is 25.9 Å². The molecular formula is C18H23N3O4. The predicted molar refractivity (Wildman–Crippen MR) is 92.6 cm³/mol. The minimum atomic E-state index is -0.802. The van der Waals surface area contributed by atoms with E-state index in [1.807, 2.05) is 6.07 Å². The first-order valence-corrected chi connectivity index (χ1v) is 8.14. The van der Waals surface area contributed by atoms with E-state index in [4.69, 9.17) is 10.4 Å². The Morgan fingerprint density at radius 2 is 1.84 bits per heavy atom. The fraction of sp³-hybridized carbons (Fsp3) is 0.389. The zero-order valence-electron chi connectivity index (χ0n) is 14.0. The van der Waals surface area contributed by atoms with Crippen LogP contribution in [-0.4, -0.2) is 35.2 Å². The zero-order chi connectivity index (χ0) is 18.5. The molecule has 0 saturated carbocycles. The fourth-order valence-electron chi connectivity index (χ4n) is 2.08. The first kappa shape index (κ1) is 20.0. The van der Waals surface area contributed by atoms with Gasteiger partial charge in [0, 0.05) is 25.7 Å². The molecule has 0 aromatic heterocycles. The average Bonchev–Trinajstić information content (AvgIpc) is 2.58. The number of nitrogens with zero attached hydrogens (tertiary/aromatic N) is 1. The van der Waals surface area contributed by atoms with Gasteiger partial charge in [0.1, 0.15) is 17.4 Å². The molecule has 4 N–H and O–H groups in total. The Morgan fingerprint density at radius 3 is 2.48 bits per heavy atom. The number of aromatic hydroxyl groups is 1. The number of benzene rings is 1. The van der Waals surface area contributed by atoms with Crippen molar-refractivity contribution in [3.05, 3.63) is 41.6 Å². The summed E-state index contributed by atoms with van der Waals surface area (Å²) in [4.78, 5) is 22.3. The van der Waals surface area contributed by atoms with Crippen LogP contribution in [0.4, 0.5) is 0 Å². The Morgan fingerprint density at radius 1 is 1.12 bits per heavy atom. The summed E-state index contributed by atoms with van der Waals surface area (Å²) < 4.78 is 0. The van der Waals surface area contributed by atoms with Gasteiger partial charge in [0.2, 0.25) is 0 Å². The van der Waals surface area contributed by atoms with E-state index in [1.54, 1.807) is 24.3 Å². The highest BCUT2D eigenvalue weighted by atomic mass is 16.4. The Kier molecular flexibility index (Phi) is 9.23. The number of carbonyl (C=O) groups excluding carboxylic acids is 1. The maximum atomic E-state index is 11.9. The number of carbonyl (C=O) groups is 2. The molecule has 0 aliphatic rings. The number of nitrogens with one attached hydrogen (secondary N) is 2. The summed E-state index contributed by atoms with van der Waals surface area (Å²) in [5.41, 5.74) is 0.969. The molecule has 0 fully saturated rings. The maximum Gasteiger partial charge on any atom is 0.303 e. The van der Waals surface area contributed by atoms with Crippen molar-refractivity contribution in [2.75, 3.05) is 13.1 Å². The molecule has 0 aliphatic carbocycles. The monoisotopic (exact) mass is 345 g/mol. The minimum absolute atomic E-state index is 0.00348. The maximum absolute atomic E-state index is 11.9. The summed E-state index contributed by atoms with van der Waals surface area (Å²) in [7, 11) is 0. The predicted octanol–water partition coefficient (Wildman–Crippen LogP) is 1.69. The SMILES string of the molecule is N#C/C(=C/NCCCCCC(=O)O)C(=O)NCCc1ccc(O)cc1. The van der Waals surface area contributed by atoms with Crippen molar-refractivity contribution < 1.29 is 19.8 Å². The molecule has 0 bridgehead atoms. The topological polar surface area (TPSA) is 122 Å². The van der Waals surface area contributed by atoms with Crippen LogP contribution in [0.15, 0.2) is 36.0 Å². The smallest absolute Gasteiger partial charge is 0.303 e. The van der Waals surface area contributed by atoms with Gasteiger partial charge in [0.15, 0.2) is 0 Å². The number of phenolic OH excluding ortho intramolecular Hbond substituents is 1. The van der Waals surface area contributed by atoms with E-state index in [9.17, 15) is 14.7 Å². The number of hydrogen-bond donors (Lipinski definition) is 4. The van der Waals surface area contributed by atoms with Crippen molar-refractivity contribution in [3.8, 4) is 11.8 Å². The van der Waals surface area contributed by atoms with Crippen LogP contribution in [-0.2, 0) is 16.0 Å². The van der Waals surface area contributed by atoms with Crippen molar-refractivity contribution in [3.63, 3.8) is 0 Å². The number of rotatable bonds is 11. The van der Waals surface area contributed by atoms with Gasteiger partial charge in [-0.2, -0.15) is 5.26 Å². The van der Waals surface area contributed by atoms with E-state index < -0.39 is 11.9 Å². The van der Waals surface area contributed by atoms with Gasteiger partial charge >= 0.3 is 5.97 Å². The summed E-state index contributed by atoms with van der Waals surface area (Å²) in [5.74, 6) is -1.06. The fourth-order valence-corrected chi connectivity index (χ4v) is 2.08. The van der Waals surface area contributed by atoms with Crippen LogP contribution in [0.25, 0.3) is 0 Å². The molecule has 25 heavy (non-hydrogen) atoms. The van der Waals surface area contributed by atoms with E-state index in [2.05, 4.69) is 10.6 Å². The lowest BCUT2D eigenvalue weighted by molar-refractivity contribution is -0.137. The molecule has 0 atom stereocenters. The Labute approximate surface area is 147 Å². The van der Waals surface area contributed by atoms with Gasteiger partial charge in [-0.3, -0.25) is 9.59 Å². The highest BCUT2D eigenvalue weighted by Crippen LogP contribution is 2.09. The Bertz CT molecular complexity index is 633. The standard InChI is InChI=1S/C18H23N3O4/c19-12-15(13-20-10-3-1-2-4-17(23)24)18(25)21-11-9-14-5-7-16(22)8-6-14/h5-8,13,20,22H,1-4,9-11H2,(H,21,25)(H,23,24)/b15-13-. The summed E-state index contributed by atoms with van der Waals surface area (Å²) in [6, 6.07) is 8.56. The number of phenols is 1. The molecule has 7 heteroatoms. The van der Waals surface area contributed by atoms with E-state index in [-0.39, 0.29) is 17.7 Å². The number of hydrogen-bond acceptors (Lipinski definition) is 5. The van der Waals surface area contributed by atoms with E-state index in [1.165, 1.54) is 6.20 Å². The third kappa shape index (κ3) is 9.01. The van der Waals surface area contributed by atoms with Crippen molar-refractivity contribution in [1.82, 2.24) is 10.6 Å². The summed E-state index contributed by atoms with van der Waals surface area (Å²) in [6.07, 6.45) is 4.29. The van der Waals surface area contributed by atoms with Gasteiger partial charge in [-0.15, -0.1) is 0 Å². The highest BCUT2D eigenvalue weighted by Gasteiger charge is 2.07. The second-order valence-corrected chi connectivity index (χ2v) is 5.50. The third-order valence-electron chi connectivity index (χ3n) is 3.46. The van der Waals surface area contributed by atoms with Gasteiger partial charge < -0.3 is 20.8 Å². The molecule has 1 aromatic carbocycles. The number of unbranched alkanes of at least 4 members (excludes halogenated alkanes) is 2. The number of aliphatic carboxylic acids is 1. The first-order chi connectivity index (χ1) is 12.0. The Balaban J connectivity index is 2.25. The van der Waals surface area contributed by atoms with Crippen LogP contribution < -0.4 is 10.6 Å². The van der Waals surface area contributed by atoms with Gasteiger partial charge in [-0.25, -0.2) is 0 Å². The first-order valence-electron chi connectivity index (χ1n) is 8.14. The molecule has 0 heterocycles. The van der Waals surface area contributed by atoms with Gasteiger partial charge in [-0.05, 0) is 37.0 Å². The molecule has 1 amide bonds. The molecule has 0 radical (unpaired) electrons. The number of amides is 1. The largest absolute Gasteiger partial charge is 0.508 e. The summed E-state index contributed by atoms with van der Waals surface area (Å²) >= 11 is 0. The normalized spacial score (nSPS) is 10.8. The zero-order valence-corrected chi connectivity index (χ0v) is 14.0. The van der Waals surface area contributed by atoms with Crippen molar-refractivity contribution in [2.45, 2.75) is 32.1 Å². The lowest BCUT2D eigenvalue weighted by Crippen LogP contribution is -2.27. The molecule has 0 aliphatic heterocycles. The van der Waals surface area contributed by atoms with Crippen LogP contribution in [0.2, 0.25) is 0 Å². The summed E-state index contributed by atoms with van der Waals surface area (Å²) in [6.45, 7) is 0.962. The molecule has 1 rings (SSSR count). The van der Waals surface area contributed by atoms with Gasteiger partial charge in [0.05, 0.1) is 0 Å². The number of nitriles is 1. The molecule has 0 saturated heterocycles. The van der Waals surface area contributed by atoms with Crippen molar-refractivity contribution >= 4 is 11.9 Å². The molecule has 1 aromatic rings. The minimum Gasteiger partial charge on any atom is -0.508 e. The molecular weight excluding hydrogens is 322 g/mol. The van der Waals surface area contributed by atoms with Crippen LogP contribution in [0, 0.1) is 11.3 Å². The quantitative estimate of drug-likeness (QED) is 0.275. The van der Waals surface area contributed by atoms with Crippen LogP contribution in [0.1, 0.15) is 31.2 Å². The van der Waals surface area contributed by atoms with Crippen LogP contribution >= 0.6 is 0 Å². The lowest BCUT2D eigenvalue weighted by atomic mass is 10.1. The second-order valence-electron chi connectivity index (χ2n) is 5.50. The molecule has 0 spiro atoms. The Hall–Kier alpha value is -3.01. The van der Waals surface area contributed by atoms with Crippen LogP contribution in [0.3, 0.4) is 0 Å². The second kappa shape index (κ2) is 11.5. The highest BCUT2D eigenvalue weighted by molar-refractivity contribution is 5.97.